The topological polar surface area (TPSA) is 70.0 Å². The third-order valence-corrected chi connectivity index (χ3v) is 3.67. The van der Waals surface area contributed by atoms with Crippen molar-refractivity contribution in [2.45, 2.75) is 6.54 Å². The zero-order valence-electron chi connectivity index (χ0n) is 7.03. The summed E-state index contributed by atoms with van der Waals surface area (Å²) in [7, 11) is -3.47. The maximum atomic E-state index is 11.0. The van der Waals surface area contributed by atoms with E-state index in [1.54, 1.807) is 18.2 Å². The largest absolute Gasteiger partial charge is 0.225 e. The highest BCUT2D eigenvalue weighted by Crippen LogP contribution is 2.21. The van der Waals surface area contributed by atoms with E-state index >= 15 is 0 Å². The van der Waals surface area contributed by atoms with Gasteiger partial charge in [-0.05, 0) is 12.1 Å². The van der Waals surface area contributed by atoms with Crippen molar-refractivity contribution < 1.29 is 8.42 Å². The minimum absolute atomic E-state index is 0.182. The van der Waals surface area contributed by atoms with Gasteiger partial charge in [0.2, 0.25) is 10.0 Å². The number of sulfonamides is 1. The molecule has 0 saturated heterocycles. The third-order valence-electron chi connectivity index (χ3n) is 1.35. The Bertz CT molecular complexity index is 447. The summed E-state index contributed by atoms with van der Waals surface area (Å²) in [5.41, 5.74) is 0. The number of hydrogen-bond donors (Lipinski definition) is 1. The first-order chi connectivity index (χ1) is 6.53. The Kier molecular flexibility index (Phi) is 3.89. The van der Waals surface area contributed by atoms with E-state index in [-0.39, 0.29) is 6.54 Å². The lowest BCUT2D eigenvalue weighted by Gasteiger charge is -1.99. The zero-order chi connectivity index (χ0) is 10.6. The molecule has 0 aliphatic carbocycles. The molecule has 0 atom stereocenters. The molecule has 0 aliphatic heterocycles. The molecule has 0 aromatic carbocycles. The fraction of sp³-hybridized carbons (Fsp3) is 0.286. The van der Waals surface area contributed by atoms with Crippen LogP contribution >= 0.6 is 22.9 Å². The molecule has 14 heavy (non-hydrogen) atoms. The fourth-order valence-corrected chi connectivity index (χ4v) is 2.53. The molecular formula is C7H7ClN2O2S2. The van der Waals surface area contributed by atoms with Crippen LogP contribution in [0.5, 0.6) is 0 Å². The van der Waals surface area contributed by atoms with Crippen molar-refractivity contribution in [2.24, 2.45) is 0 Å². The number of nitrogens with one attached hydrogen (secondary N) is 1. The molecule has 0 amide bonds. The molecule has 1 N–H and O–H groups in total. The van der Waals surface area contributed by atoms with E-state index in [4.69, 9.17) is 16.9 Å². The normalized spacial score (nSPS) is 11.1. The maximum absolute atomic E-state index is 11.0. The molecule has 7 heteroatoms. The summed E-state index contributed by atoms with van der Waals surface area (Å²) in [6.45, 7) is 0.182. The summed E-state index contributed by atoms with van der Waals surface area (Å²) < 4.78 is 25.0. The van der Waals surface area contributed by atoms with Gasteiger partial charge in [0.05, 0.1) is 10.4 Å². The number of nitriles is 1. The van der Waals surface area contributed by atoms with Crippen molar-refractivity contribution in [3.05, 3.63) is 21.3 Å². The van der Waals surface area contributed by atoms with Crippen LogP contribution in [0.25, 0.3) is 0 Å². The number of thiophene rings is 1. The summed E-state index contributed by atoms with van der Waals surface area (Å²) in [6.07, 6.45) is 0. The SMILES string of the molecule is N#CCS(=O)(=O)NCc1ccc(Cl)s1. The van der Waals surface area contributed by atoms with Crippen molar-refractivity contribution >= 4 is 33.0 Å². The molecule has 0 unspecified atom stereocenters. The van der Waals surface area contributed by atoms with Gasteiger partial charge in [0.25, 0.3) is 0 Å². The van der Waals surface area contributed by atoms with Crippen LogP contribution in [0.15, 0.2) is 12.1 Å². The Morgan fingerprint density at radius 3 is 2.79 bits per heavy atom. The molecule has 76 valence electrons. The second kappa shape index (κ2) is 4.75. The van der Waals surface area contributed by atoms with Crippen molar-refractivity contribution in [1.82, 2.24) is 4.72 Å². The lowest BCUT2D eigenvalue weighted by atomic mass is 10.5. The van der Waals surface area contributed by atoms with E-state index < -0.39 is 15.8 Å². The van der Waals surface area contributed by atoms with Gasteiger partial charge >= 0.3 is 0 Å². The standard InChI is InChI=1S/C7H7ClN2O2S2/c8-7-2-1-6(13-7)5-10-14(11,12)4-3-9/h1-2,10H,4-5H2. The molecule has 4 nitrogen and oxygen atoms in total. The number of nitrogens with zero attached hydrogens (tertiary/aromatic N) is 1. The molecule has 0 radical (unpaired) electrons. The highest BCUT2D eigenvalue weighted by atomic mass is 35.5. The first-order valence-electron chi connectivity index (χ1n) is 3.62. The molecule has 0 saturated carbocycles. The molecular weight excluding hydrogens is 244 g/mol. The van der Waals surface area contributed by atoms with Gasteiger partial charge in [-0.15, -0.1) is 11.3 Å². The van der Waals surface area contributed by atoms with E-state index in [0.717, 1.165) is 4.88 Å². The van der Waals surface area contributed by atoms with Crippen LogP contribution in [0, 0.1) is 11.3 Å². The Morgan fingerprint density at radius 1 is 1.57 bits per heavy atom. The predicted molar refractivity (Wildman–Crippen MR) is 55.6 cm³/mol. The van der Waals surface area contributed by atoms with E-state index in [0.29, 0.717) is 4.34 Å². The number of halogens is 1. The van der Waals surface area contributed by atoms with Gasteiger partial charge in [0, 0.05) is 11.4 Å². The van der Waals surface area contributed by atoms with Gasteiger partial charge in [0.15, 0.2) is 5.75 Å². The summed E-state index contributed by atoms with van der Waals surface area (Å²) in [4.78, 5) is 0.816. The Labute approximate surface area is 91.2 Å². The molecule has 1 rings (SSSR count). The minimum Gasteiger partial charge on any atom is -0.211 e. The summed E-state index contributed by atoms with van der Waals surface area (Å²) >= 11 is 6.96. The van der Waals surface area contributed by atoms with Crippen LogP contribution in [0.3, 0.4) is 0 Å². The van der Waals surface area contributed by atoms with Crippen LogP contribution in [-0.2, 0) is 16.6 Å². The van der Waals surface area contributed by atoms with Gasteiger partial charge in [0.1, 0.15) is 0 Å². The summed E-state index contributed by atoms with van der Waals surface area (Å²) in [5, 5.41) is 8.22. The third kappa shape index (κ3) is 3.64. The summed E-state index contributed by atoms with van der Waals surface area (Å²) in [5.74, 6) is -0.522. The van der Waals surface area contributed by atoms with Crippen molar-refractivity contribution in [3.8, 4) is 6.07 Å². The Hall–Kier alpha value is -0.610. The van der Waals surface area contributed by atoms with Crippen LogP contribution < -0.4 is 4.72 Å². The smallest absolute Gasteiger partial charge is 0.211 e. The van der Waals surface area contributed by atoms with Crippen LogP contribution in [0.4, 0.5) is 0 Å². The average Bonchev–Trinajstić information content (AvgIpc) is 2.48. The molecule has 1 aromatic heterocycles. The molecule has 0 spiro atoms. The van der Waals surface area contributed by atoms with E-state index in [1.807, 2.05) is 0 Å². The van der Waals surface area contributed by atoms with Gasteiger partial charge in [-0.1, -0.05) is 11.6 Å². The predicted octanol–water partition coefficient (Wildman–Crippen LogP) is 1.34. The monoisotopic (exact) mass is 250 g/mol. The first-order valence-corrected chi connectivity index (χ1v) is 6.47. The van der Waals surface area contributed by atoms with Crippen molar-refractivity contribution in [3.63, 3.8) is 0 Å². The quantitative estimate of drug-likeness (QED) is 0.877. The fourth-order valence-electron chi connectivity index (χ4n) is 0.764. The van der Waals surface area contributed by atoms with Gasteiger partial charge in [-0.2, -0.15) is 5.26 Å². The highest BCUT2D eigenvalue weighted by molar-refractivity contribution is 7.89. The van der Waals surface area contributed by atoms with Gasteiger partial charge in [-0.3, -0.25) is 0 Å². The number of rotatable bonds is 4. The average molecular weight is 251 g/mol. The molecule has 0 aliphatic rings. The number of hydrogen-bond acceptors (Lipinski definition) is 4. The van der Waals surface area contributed by atoms with Gasteiger partial charge < -0.3 is 0 Å². The first kappa shape index (κ1) is 11.5. The van der Waals surface area contributed by atoms with E-state index in [1.165, 1.54) is 11.3 Å². The van der Waals surface area contributed by atoms with Gasteiger partial charge in [-0.25, -0.2) is 13.1 Å². The van der Waals surface area contributed by atoms with Crippen molar-refractivity contribution in [1.29, 1.82) is 5.26 Å². The summed E-state index contributed by atoms with van der Waals surface area (Å²) in [6, 6.07) is 5.01. The molecule has 1 aromatic rings. The molecule has 0 fully saturated rings. The second-order valence-corrected chi connectivity index (χ2v) is 6.05. The Balaban J connectivity index is 2.54. The zero-order valence-corrected chi connectivity index (χ0v) is 9.42. The van der Waals surface area contributed by atoms with Crippen LogP contribution in [-0.4, -0.2) is 14.2 Å². The van der Waals surface area contributed by atoms with Crippen LogP contribution in [0.1, 0.15) is 4.88 Å². The lowest BCUT2D eigenvalue weighted by Crippen LogP contribution is -2.24. The van der Waals surface area contributed by atoms with E-state index in [9.17, 15) is 8.42 Å². The molecule has 0 bridgehead atoms. The van der Waals surface area contributed by atoms with E-state index in [2.05, 4.69) is 4.72 Å². The highest BCUT2D eigenvalue weighted by Gasteiger charge is 2.09. The molecule has 1 heterocycles. The van der Waals surface area contributed by atoms with Crippen LogP contribution in [0.2, 0.25) is 4.34 Å². The Morgan fingerprint density at radius 2 is 2.29 bits per heavy atom. The lowest BCUT2D eigenvalue weighted by molar-refractivity contribution is 0.585. The maximum Gasteiger partial charge on any atom is 0.225 e. The minimum atomic E-state index is -3.47. The van der Waals surface area contributed by atoms with Crippen molar-refractivity contribution in [2.75, 3.05) is 5.75 Å². The second-order valence-electron chi connectivity index (χ2n) is 2.44.